The molecule has 0 saturated carbocycles. The van der Waals surface area contributed by atoms with Gasteiger partial charge in [-0.25, -0.2) is 9.59 Å². The van der Waals surface area contributed by atoms with E-state index in [1.807, 2.05) is 60.7 Å². The number of nitrogens with zero attached hydrogens (tertiary/aromatic N) is 6. The highest BCUT2D eigenvalue weighted by molar-refractivity contribution is 5.88. The van der Waals surface area contributed by atoms with Crippen LogP contribution in [-0.2, 0) is 28.2 Å². The molecule has 0 aliphatic heterocycles. The van der Waals surface area contributed by atoms with Crippen molar-refractivity contribution < 1.29 is 0 Å². The van der Waals surface area contributed by atoms with Crippen LogP contribution in [0.15, 0.2) is 80.2 Å². The fraction of sp³-hybridized carbons (Fsp3) is 0.154. The van der Waals surface area contributed by atoms with Crippen molar-refractivity contribution >= 4 is 45.9 Å². The maximum Gasteiger partial charge on any atom is 0.328 e. The maximum absolute atomic E-state index is 12.1. The quantitative estimate of drug-likeness (QED) is 0.391. The molecule has 3 aromatic carbocycles. The lowest BCUT2D eigenvalue weighted by Crippen LogP contribution is -2.19. The molecule has 0 aliphatic carbocycles. The van der Waals surface area contributed by atoms with E-state index in [0.717, 1.165) is 44.6 Å². The van der Waals surface area contributed by atoms with E-state index in [4.69, 9.17) is 0 Å². The van der Waals surface area contributed by atoms with Gasteiger partial charge < -0.3 is 0 Å². The normalized spacial score (nSPS) is 12.1. The molecule has 5 rings (SSSR count). The Hall–Kier alpha value is -4.46. The van der Waals surface area contributed by atoms with Gasteiger partial charge in [0.05, 0.1) is 33.4 Å². The van der Waals surface area contributed by atoms with Crippen molar-refractivity contribution in [3.63, 3.8) is 0 Å². The predicted octanol–water partition coefficient (Wildman–Crippen LogP) is 3.57. The summed E-state index contributed by atoms with van der Waals surface area (Å²) in [5, 5.41) is 0. The SMILES string of the molecule is Cn1c(=O)n(C)c2cc(N=Cc3ccc(C=Nc4ccc5c(c4)n(C)c(=O)n5C)cc3)ccc21. The third kappa shape index (κ3) is 3.59. The highest BCUT2D eigenvalue weighted by Crippen LogP contribution is 2.21. The van der Waals surface area contributed by atoms with Gasteiger partial charge in [-0.05, 0) is 47.5 Å². The summed E-state index contributed by atoms with van der Waals surface area (Å²) in [6, 6.07) is 19.4. The number of aryl methyl sites for hydroxylation is 4. The van der Waals surface area contributed by atoms with Crippen molar-refractivity contribution in [3.05, 3.63) is 92.8 Å². The van der Waals surface area contributed by atoms with Gasteiger partial charge in [-0.15, -0.1) is 0 Å². The largest absolute Gasteiger partial charge is 0.328 e. The molecule has 8 nitrogen and oxygen atoms in total. The van der Waals surface area contributed by atoms with Crippen molar-refractivity contribution in [3.8, 4) is 0 Å². The zero-order valence-electron chi connectivity index (χ0n) is 19.4. The number of benzene rings is 3. The topological polar surface area (TPSA) is 78.6 Å². The first-order valence-electron chi connectivity index (χ1n) is 10.8. The third-order valence-electron chi connectivity index (χ3n) is 6.17. The molecular weight excluding hydrogens is 428 g/mol. The summed E-state index contributed by atoms with van der Waals surface area (Å²) < 4.78 is 6.50. The molecule has 0 spiro atoms. The second kappa shape index (κ2) is 8.15. The average molecular weight is 453 g/mol. The minimum absolute atomic E-state index is 0.0545. The van der Waals surface area contributed by atoms with Gasteiger partial charge in [0.1, 0.15) is 0 Å². The minimum Gasteiger partial charge on any atom is -0.295 e. The van der Waals surface area contributed by atoms with Gasteiger partial charge in [-0.2, -0.15) is 0 Å². The molecule has 2 heterocycles. The third-order valence-corrected chi connectivity index (χ3v) is 6.17. The number of rotatable bonds is 4. The van der Waals surface area contributed by atoms with Crippen molar-refractivity contribution in [2.24, 2.45) is 38.2 Å². The summed E-state index contributed by atoms with van der Waals surface area (Å²) in [7, 11) is 7.05. The zero-order valence-corrected chi connectivity index (χ0v) is 19.4. The Labute approximate surface area is 195 Å². The van der Waals surface area contributed by atoms with E-state index in [2.05, 4.69) is 9.98 Å². The fourth-order valence-electron chi connectivity index (χ4n) is 4.12. The highest BCUT2D eigenvalue weighted by atomic mass is 16.2. The molecule has 34 heavy (non-hydrogen) atoms. The maximum atomic E-state index is 12.1. The minimum atomic E-state index is -0.0545. The van der Waals surface area contributed by atoms with Crippen molar-refractivity contribution in [1.82, 2.24) is 18.3 Å². The molecule has 0 radical (unpaired) electrons. The van der Waals surface area contributed by atoms with Crippen LogP contribution in [0.5, 0.6) is 0 Å². The number of fused-ring (bicyclic) bond motifs is 2. The van der Waals surface area contributed by atoms with Crippen molar-refractivity contribution in [2.45, 2.75) is 0 Å². The first-order valence-corrected chi connectivity index (χ1v) is 10.8. The van der Waals surface area contributed by atoms with E-state index in [1.54, 1.807) is 58.9 Å². The Balaban J connectivity index is 1.34. The standard InChI is InChI=1S/C26H24N6O2/c1-29-21-11-9-19(13-23(21)31(3)25(29)33)27-15-17-5-7-18(8-6-17)16-28-20-10-12-22-24(14-20)32(4)26(34)30(22)2/h5-16H,1-4H3. The van der Waals surface area contributed by atoms with Gasteiger partial charge in [-0.1, -0.05) is 24.3 Å². The molecule has 0 bridgehead atoms. The Kier molecular flexibility index (Phi) is 5.13. The van der Waals surface area contributed by atoms with Gasteiger partial charge in [0.25, 0.3) is 0 Å². The Morgan fingerprint density at radius 3 is 1.26 bits per heavy atom. The van der Waals surface area contributed by atoms with E-state index in [0.29, 0.717) is 0 Å². The summed E-state index contributed by atoms with van der Waals surface area (Å²) in [6.07, 6.45) is 3.60. The number of hydrogen-bond acceptors (Lipinski definition) is 4. The fourth-order valence-corrected chi connectivity index (χ4v) is 4.12. The smallest absolute Gasteiger partial charge is 0.295 e. The lowest BCUT2D eigenvalue weighted by molar-refractivity contribution is 0.795. The molecule has 0 unspecified atom stereocenters. The lowest BCUT2D eigenvalue weighted by Gasteiger charge is -1.99. The van der Waals surface area contributed by atoms with Crippen LogP contribution in [0.25, 0.3) is 22.1 Å². The summed E-state index contributed by atoms with van der Waals surface area (Å²) in [6.45, 7) is 0. The van der Waals surface area contributed by atoms with E-state index < -0.39 is 0 Å². The van der Waals surface area contributed by atoms with Crippen molar-refractivity contribution in [2.75, 3.05) is 0 Å². The predicted molar refractivity (Wildman–Crippen MR) is 137 cm³/mol. The Morgan fingerprint density at radius 1 is 0.529 bits per heavy atom. The summed E-state index contributed by atoms with van der Waals surface area (Å²) in [4.78, 5) is 33.3. The molecule has 0 fully saturated rings. The second-order valence-corrected chi connectivity index (χ2v) is 8.33. The van der Waals surface area contributed by atoms with Gasteiger partial charge in [0.15, 0.2) is 0 Å². The first-order chi connectivity index (χ1) is 16.3. The van der Waals surface area contributed by atoms with Crippen LogP contribution in [0.2, 0.25) is 0 Å². The highest BCUT2D eigenvalue weighted by Gasteiger charge is 2.08. The number of imidazole rings is 2. The molecule has 0 saturated heterocycles. The van der Waals surface area contributed by atoms with E-state index in [9.17, 15) is 9.59 Å². The molecule has 170 valence electrons. The van der Waals surface area contributed by atoms with Gasteiger partial charge >= 0.3 is 11.4 Å². The van der Waals surface area contributed by atoms with Gasteiger partial charge in [0, 0.05) is 40.6 Å². The van der Waals surface area contributed by atoms with Crippen LogP contribution < -0.4 is 11.4 Å². The summed E-state index contributed by atoms with van der Waals surface area (Å²) in [5.74, 6) is 0. The summed E-state index contributed by atoms with van der Waals surface area (Å²) >= 11 is 0. The van der Waals surface area contributed by atoms with Gasteiger partial charge in [0.2, 0.25) is 0 Å². The van der Waals surface area contributed by atoms with Gasteiger partial charge in [-0.3, -0.25) is 28.3 Å². The Bertz CT molecular complexity index is 1600. The molecule has 0 amide bonds. The van der Waals surface area contributed by atoms with Crippen LogP contribution >= 0.6 is 0 Å². The molecule has 0 aliphatic rings. The number of aromatic nitrogens is 4. The van der Waals surface area contributed by atoms with Crippen LogP contribution in [0.4, 0.5) is 11.4 Å². The van der Waals surface area contributed by atoms with E-state index in [1.165, 1.54) is 0 Å². The van der Waals surface area contributed by atoms with Crippen LogP contribution in [0.1, 0.15) is 11.1 Å². The monoisotopic (exact) mass is 452 g/mol. The zero-order chi connectivity index (χ0) is 24.0. The Morgan fingerprint density at radius 2 is 0.882 bits per heavy atom. The van der Waals surface area contributed by atoms with Crippen LogP contribution in [-0.4, -0.2) is 30.7 Å². The van der Waals surface area contributed by atoms with Crippen LogP contribution in [0.3, 0.4) is 0 Å². The first kappa shape index (κ1) is 21.4. The molecule has 8 heteroatoms. The molecule has 5 aromatic rings. The van der Waals surface area contributed by atoms with Crippen molar-refractivity contribution in [1.29, 1.82) is 0 Å². The molecule has 0 atom stereocenters. The number of hydrogen-bond donors (Lipinski definition) is 0. The second-order valence-electron chi connectivity index (χ2n) is 8.33. The van der Waals surface area contributed by atoms with Crippen LogP contribution in [0, 0.1) is 0 Å². The molecule has 2 aromatic heterocycles. The van der Waals surface area contributed by atoms with E-state index in [-0.39, 0.29) is 11.4 Å². The van der Waals surface area contributed by atoms with E-state index >= 15 is 0 Å². The molecule has 0 N–H and O–H groups in total. The summed E-state index contributed by atoms with van der Waals surface area (Å²) in [5.41, 5.74) is 6.83. The number of aliphatic imine (C=N–C) groups is 2. The average Bonchev–Trinajstić information content (AvgIpc) is 3.21. The molecular formula is C26H24N6O2. The lowest BCUT2D eigenvalue weighted by atomic mass is 10.1.